The number of hydrogen-bond donors (Lipinski definition) is 1. The lowest BCUT2D eigenvalue weighted by Crippen LogP contribution is -2.19. The van der Waals surface area contributed by atoms with Gasteiger partial charge in [0, 0.05) is 28.8 Å². The van der Waals surface area contributed by atoms with E-state index in [2.05, 4.69) is 10.3 Å². The lowest BCUT2D eigenvalue weighted by atomic mass is 10.1. The Morgan fingerprint density at radius 2 is 1.90 bits per heavy atom. The fourth-order valence-electron chi connectivity index (χ4n) is 2.94. The first kappa shape index (κ1) is 20.9. The first-order valence-corrected chi connectivity index (χ1v) is 10.4. The Morgan fingerprint density at radius 1 is 1.13 bits per heavy atom. The first-order chi connectivity index (χ1) is 14.8. The summed E-state index contributed by atoms with van der Waals surface area (Å²) in [5, 5.41) is 14.8. The lowest BCUT2D eigenvalue weighted by Gasteiger charge is -2.02. The van der Waals surface area contributed by atoms with Crippen molar-refractivity contribution >= 4 is 51.9 Å². The summed E-state index contributed by atoms with van der Waals surface area (Å²) in [7, 11) is 0. The molecular formula is C22H16ClN3O4S. The van der Waals surface area contributed by atoms with Gasteiger partial charge in [-0.15, -0.1) is 0 Å². The second-order valence-electron chi connectivity index (χ2n) is 6.87. The topological polar surface area (TPSA) is 97.7 Å². The number of nitro benzene ring substituents is 1. The molecule has 1 aliphatic rings. The number of benzene rings is 2. The molecule has 1 saturated heterocycles. The average molecular weight is 454 g/mol. The number of nitrogens with zero attached hydrogens (tertiary/aromatic N) is 2. The van der Waals surface area contributed by atoms with Crippen molar-refractivity contribution in [3.05, 3.63) is 85.5 Å². The Kier molecular flexibility index (Phi) is 5.67. The van der Waals surface area contributed by atoms with Crippen molar-refractivity contribution < 1.29 is 14.1 Å². The van der Waals surface area contributed by atoms with Crippen molar-refractivity contribution in [1.82, 2.24) is 5.32 Å². The molecule has 1 N–H and O–H groups in total. The van der Waals surface area contributed by atoms with E-state index < -0.39 is 4.92 Å². The Balaban J connectivity index is 1.58. The van der Waals surface area contributed by atoms with Gasteiger partial charge in [0.25, 0.3) is 11.6 Å². The van der Waals surface area contributed by atoms with Crippen LogP contribution in [0.4, 0.5) is 11.4 Å². The normalized spacial score (nSPS) is 16.2. The molecule has 7 nitrogen and oxygen atoms in total. The summed E-state index contributed by atoms with van der Waals surface area (Å²) in [6, 6.07) is 13.4. The first-order valence-electron chi connectivity index (χ1n) is 9.21. The molecule has 156 valence electrons. The number of aliphatic imine (C=N–C) groups is 1. The molecule has 0 atom stereocenters. The van der Waals surface area contributed by atoms with E-state index in [0.29, 0.717) is 37.9 Å². The van der Waals surface area contributed by atoms with Crippen molar-refractivity contribution in [3.8, 4) is 11.3 Å². The summed E-state index contributed by atoms with van der Waals surface area (Å²) >= 11 is 7.32. The smallest absolute Gasteiger partial charge is 0.270 e. The van der Waals surface area contributed by atoms with Gasteiger partial charge in [-0.3, -0.25) is 14.9 Å². The molecular weight excluding hydrogens is 438 g/mol. The molecule has 1 fully saturated rings. The fraction of sp³-hybridized carbons (Fsp3) is 0.0909. The van der Waals surface area contributed by atoms with Crippen molar-refractivity contribution in [2.24, 2.45) is 4.99 Å². The molecule has 2 heterocycles. The van der Waals surface area contributed by atoms with Crippen molar-refractivity contribution in [1.29, 1.82) is 0 Å². The quantitative estimate of drug-likeness (QED) is 0.296. The number of thioether (sulfide) groups is 1. The van der Waals surface area contributed by atoms with E-state index >= 15 is 0 Å². The highest BCUT2D eigenvalue weighted by atomic mass is 35.5. The molecule has 0 bridgehead atoms. The van der Waals surface area contributed by atoms with E-state index in [1.54, 1.807) is 30.3 Å². The zero-order chi connectivity index (χ0) is 22.1. The minimum Gasteiger partial charge on any atom is -0.457 e. The van der Waals surface area contributed by atoms with Gasteiger partial charge in [-0.1, -0.05) is 23.7 Å². The van der Waals surface area contributed by atoms with Crippen LogP contribution >= 0.6 is 23.4 Å². The lowest BCUT2D eigenvalue weighted by molar-refractivity contribution is -0.384. The van der Waals surface area contributed by atoms with Gasteiger partial charge in [0.15, 0.2) is 5.17 Å². The van der Waals surface area contributed by atoms with Crippen LogP contribution in [0.1, 0.15) is 16.9 Å². The molecule has 0 saturated carbocycles. The average Bonchev–Trinajstić information content (AvgIpc) is 3.32. The predicted octanol–water partition coefficient (Wildman–Crippen LogP) is 6.02. The largest absolute Gasteiger partial charge is 0.457 e. The van der Waals surface area contributed by atoms with Gasteiger partial charge in [0.2, 0.25) is 0 Å². The highest BCUT2D eigenvalue weighted by Gasteiger charge is 2.24. The molecule has 4 rings (SSSR count). The fourth-order valence-corrected chi connectivity index (χ4v) is 3.94. The van der Waals surface area contributed by atoms with Crippen LogP contribution in [0.2, 0.25) is 5.02 Å². The molecule has 0 radical (unpaired) electrons. The van der Waals surface area contributed by atoms with Crippen LogP contribution in [0.15, 0.2) is 62.8 Å². The highest BCUT2D eigenvalue weighted by molar-refractivity contribution is 8.18. The van der Waals surface area contributed by atoms with Crippen LogP contribution in [0.3, 0.4) is 0 Å². The number of furan rings is 1. The molecule has 3 aromatic rings. The van der Waals surface area contributed by atoms with Crippen molar-refractivity contribution in [2.45, 2.75) is 13.8 Å². The molecule has 1 aliphatic heterocycles. The van der Waals surface area contributed by atoms with Crippen LogP contribution in [-0.4, -0.2) is 16.0 Å². The molecule has 2 aromatic carbocycles. The van der Waals surface area contributed by atoms with Gasteiger partial charge in [-0.25, -0.2) is 4.99 Å². The maximum absolute atomic E-state index is 12.3. The number of amidine groups is 1. The Bertz CT molecular complexity index is 1280. The Morgan fingerprint density at radius 3 is 2.65 bits per heavy atom. The van der Waals surface area contributed by atoms with Gasteiger partial charge in [0.05, 0.1) is 15.5 Å². The summed E-state index contributed by atoms with van der Waals surface area (Å²) in [6.45, 7) is 3.75. The van der Waals surface area contributed by atoms with Gasteiger partial charge in [-0.05, 0) is 61.0 Å². The summed E-state index contributed by atoms with van der Waals surface area (Å²) in [6.07, 6.45) is 1.61. The number of non-ortho nitro benzene ring substituents is 1. The maximum atomic E-state index is 12.3. The number of amides is 1. The van der Waals surface area contributed by atoms with Crippen molar-refractivity contribution in [2.75, 3.05) is 0 Å². The standard InChI is InChI=1S/C22H16ClN3O4S/c1-12-4-6-15(26(28)29)10-17(12)19-8-7-16(30-19)11-20-21(27)25-22(31-20)24-14-5-3-13(2)18(23)9-14/h3-11H,1-2H3,(H,24,25,27)/b20-11-. The molecule has 0 aliphatic carbocycles. The van der Waals surface area contributed by atoms with E-state index in [-0.39, 0.29) is 11.6 Å². The SMILES string of the molecule is Cc1ccc(N=C2NC(=O)/C(=C/c3ccc(-c4cc([N+](=O)[O-])ccc4C)o3)S2)cc1Cl. The Labute approximate surface area is 187 Å². The number of carbonyl (C=O) groups is 1. The third kappa shape index (κ3) is 4.55. The second kappa shape index (κ2) is 8.41. The van der Waals surface area contributed by atoms with Crippen LogP contribution in [0.25, 0.3) is 17.4 Å². The number of hydrogen-bond acceptors (Lipinski definition) is 6. The molecule has 1 amide bonds. The number of carbonyl (C=O) groups excluding carboxylic acids is 1. The van der Waals surface area contributed by atoms with Gasteiger partial charge >= 0.3 is 0 Å². The number of nitro groups is 1. The molecule has 9 heteroatoms. The number of aryl methyl sites for hydroxylation is 2. The maximum Gasteiger partial charge on any atom is 0.270 e. The summed E-state index contributed by atoms with van der Waals surface area (Å²) in [4.78, 5) is 27.8. The third-order valence-electron chi connectivity index (χ3n) is 4.63. The van der Waals surface area contributed by atoms with E-state index in [9.17, 15) is 14.9 Å². The van der Waals surface area contributed by atoms with E-state index in [1.165, 1.54) is 23.9 Å². The van der Waals surface area contributed by atoms with Gasteiger partial charge in [0.1, 0.15) is 11.5 Å². The van der Waals surface area contributed by atoms with Crippen LogP contribution in [0.5, 0.6) is 0 Å². The third-order valence-corrected chi connectivity index (χ3v) is 5.95. The minimum atomic E-state index is -0.448. The van der Waals surface area contributed by atoms with Crippen LogP contribution in [0, 0.1) is 24.0 Å². The second-order valence-corrected chi connectivity index (χ2v) is 8.31. The number of rotatable bonds is 4. The Hall–Kier alpha value is -3.36. The zero-order valence-corrected chi connectivity index (χ0v) is 18.1. The minimum absolute atomic E-state index is 0.0142. The van der Waals surface area contributed by atoms with Crippen molar-refractivity contribution in [3.63, 3.8) is 0 Å². The van der Waals surface area contributed by atoms with Gasteiger partial charge < -0.3 is 9.73 Å². The molecule has 31 heavy (non-hydrogen) atoms. The van der Waals surface area contributed by atoms with E-state index in [4.69, 9.17) is 16.0 Å². The number of halogens is 1. The predicted molar refractivity (Wildman–Crippen MR) is 123 cm³/mol. The van der Waals surface area contributed by atoms with Crippen LogP contribution < -0.4 is 5.32 Å². The molecule has 0 unspecified atom stereocenters. The zero-order valence-electron chi connectivity index (χ0n) is 16.5. The van der Waals surface area contributed by atoms with Gasteiger partial charge in [-0.2, -0.15) is 0 Å². The molecule has 0 spiro atoms. The van der Waals surface area contributed by atoms with E-state index in [1.807, 2.05) is 26.0 Å². The summed E-state index contributed by atoms with van der Waals surface area (Å²) < 4.78 is 5.83. The van der Waals surface area contributed by atoms with Crippen LogP contribution in [-0.2, 0) is 4.79 Å². The molecule has 1 aromatic heterocycles. The van der Waals surface area contributed by atoms with E-state index in [0.717, 1.165) is 11.1 Å². The monoisotopic (exact) mass is 453 g/mol. The highest BCUT2D eigenvalue weighted by Crippen LogP contribution is 2.33. The summed E-state index contributed by atoms with van der Waals surface area (Å²) in [5.41, 5.74) is 3.04. The summed E-state index contributed by atoms with van der Waals surface area (Å²) in [5.74, 6) is 0.657. The number of nitrogens with one attached hydrogen (secondary N) is 1.